The lowest BCUT2D eigenvalue weighted by Crippen LogP contribution is -2.45. The van der Waals surface area contributed by atoms with Crippen LogP contribution in [0.2, 0.25) is 0 Å². The molecular weight excluding hydrogens is 376 g/mol. The van der Waals surface area contributed by atoms with Gasteiger partial charge in [-0.25, -0.2) is 0 Å². The molecule has 1 saturated heterocycles. The number of benzene rings is 3. The Morgan fingerprint density at radius 1 is 0.800 bits per heavy atom. The van der Waals surface area contributed by atoms with Gasteiger partial charge in [-0.1, -0.05) is 42.5 Å². The summed E-state index contributed by atoms with van der Waals surface area (Å²) < 4.78 is 12.3. The lowest BCUT2D eigenvalue weighted by atomic mass is 10.0. The van der Waals surface area contributed by atoms with E-state index < -0.39 is 0 Å². The average Bonchev–Trinajstić information content (AvgIpc) is 2.81. The van der Waals surface area contributed by atoms with Crippen molar-refractivity contribution in [2.24, 2.45) is 0 Å². The van der Waals surface area contributed by atoms with Crippen molar-refractivity contribution < 1.29 is 14.6 Å². The monoisotopic (exact) mass is 404 g/mol. The molecule has 1 aliphatic rings. The summed E-state index contributed by atoms with van der Waals surface area (Å²) in [4.78, 5) is 2.42. The van der Waals surface area contributed by atoms with Crippen molar-refractivity contribution in [2.45, 2.75) is 12.5 Å². The summed E-state index contributed by atoms with van der Waals surface area (Å²) in [5.74, 6) is 2.85. The smallest absolute Gasteiger partial charge is 0.170 e. The molecule has 2 N–H and O–H groups in total. The highest BCUT2D eigenvalue weighted by molar-refractivity contribution is 5.48. The van der Waals surface area contributed by atoms with E-state index in [9.17, 15) is 5.11 Å². The molecule has 0 saturated carbocycles. The molecular formula is C25H28N2O3. The maximum absolute atomic E-state index is 9.68. The molecule has 1 heterocycles. The number of aliphatic hydroxyl groups is 1. The Bertz CT molecular complexity index is 912. The molecule has 30 heavy (non-hydrogen) atoms. The Kier molecular flexibility index (Phi) is 6.98. The van der Waals surface area contributed by atoms with E-state index in [1.54, 1.807) is 0 Å². The van der Waals surface area contributed by atoms with Crippen LogP contribution >= 0.6 is 0 Å². The van der Waals surface area contributed by atoms with E-state index in [0.29, 0.717) is 17.9 Å². The second-order valence-corrected chi connectivity index (χ2v) is 7.35. The molecule has 4 rings (SSSR count). The van der Waals surface area contributed by atoms with E-state index in [4.69, 9.17) is 9.47 Å². The van der Waals surface area contributed by atoms with Gasteiger partial charge in [0.15, 0.2) is 11.5 Å². The zero-order valence-electron chi connectivity index (χ0n) is 17.0. The van der Waals surface area contributed by atoms with Crippen LogP contribution in [0.5, 0.6) is 23.0 Å². The van der Waals surface area contributed by atoms with Crippen molar-refractivity contribution in [3.8, 4) is 23.0 Å². The fourth-order valence-corrected chi connectivity index (χ4v) is 3.80. The van der Waals surface area contributed by atoms with Crippen LogP contribution in [-0.2, 0) is 0 Å². The minimum absolute atomic E-state index is 0.140. The van der Waals surface area contributed by atoms with E-state index in [1.165, 1.54) is 0 Å². The summed E-state index contributed by atoms with van der Waals surface area (Å²) in [5.41, 5.74) is 1.12. The van der Waals surface area contributed by atoms with Gasteiger partial charge in [-0.15, -0.1) is 0 Å². The molecule has 3 aromatic rings. The molecule has 0 bridgehead atoms. The summed E-state index contributed by atoms with van der Waals surface area (Å²) in [6.45, 7) is 3.99. The number of nitrogens with one attached hydrogen (secondary N) is 1. The van der Waals surface area contributed by atoms with E-state index in [0.717, 1.165) is 43.2 Å². The van der Waals surface area contributed by atoms with E-state index in [-0.39, 0.29) is 12.6 Å². The topological polar surface area (TPSA) is 54.0 Å². The van der Waals surface area contributed by atoms with Crippen molar-refractivity contribution in [2.75, 3.05) is 32.8 Å². The molecule has 5 nitrogen and oxygen atoms in total. The minimum Gasteiger partial charge on any atom is -0.453 e. The molecule has 0 radical (unpaired) electrons. The molecule has 5 heteroatoms. The first-order chi connectivity index (χ1) is 14.8. The maximum Gasteiger partial charge on any atom is 0.170 e. The highest BCUT2D eigenvalue weighted by atomic mass is 16.5. The molecule has 0 unspecified atom stereocenters. The van der Waals surface area contributed by atoms with Crippen LogP contribution in [0.3, 0.4) is 0 Å². The van der Waals surface area contributed by atoms with Gasteiger partial charge < -0.3 is 19.9 Å². The molecule has 156 valence electrons. The summed E-state index contributed by atoms with van der Waals surface area (Å²) in [7, 11) is 0. The highest BCUT2D eigenvalue weighted by Gasteiger charge is 2.23. The van der Waals surface area contributed by atoms with Gasteiger partial charge in [0.05, 0.1) is 0 Å². The van der Waals surface area contributed by atoms with E-state index >= 15 is 0 Å². The van der Waals surface area contributed by atoms with Crippen molar-refractivity contribution >= 4 is 0 Å². The quantitative estimate of drug-likeness (QED) is 0.575. The molecule has 0 spiro atoms. The number of rotatable bonds is 8. The Morgan fingerprint density at radius 3 is 2.00 bits per heavy atom. The predicted octanol–water partition coefficient (Wildman–Crippen LogP) is 4.60. The summed E-state index contributed by atoms with van der Waals surface area (Å²) in [6, 6.07) is 25.7. The third kappa shape index (κ3) is 5.19. The molecule has 0 amide bonds. The zero-order chi connectivity index (χ0) is 20.6. The van der Waals surface area contributed by atoms with E-state index in [1.807, 2.05) is 72.8 Å². The Labute approximate surface area is 177 Å². The van der Waals surface area contributed by atoms with Gasteiger partial charge in [-0.3, -0.25) is 4.90 Å². The van der Waals surface area contributed by atoms with E-state index in [2.05, 4.69) is 16.3 Å². The number of hydrogen-bond donors (Lipinski definition) is 2. The summed E-state index contributed by atoms with van der Waals surface area (Å²) in [6.07, 6.45) is 0.684. The second-order valence-electron chi connectivity index (χ2n) is 7.35. The number of piperazine rings is 1. The van der Waals surface area contributed by atoms with Crippen LogP contribution in [0, 0.1) is 0 Å². The summed E-state index contributed by atoms with van der Waals surface area (Å²) >= 11 is 0. The molecule has 3 aromatic carbocycles. The van der Waals surface area contributed by atoms with Crippen molar-refractivity contribution in [3.63, 3.8) is 0 Å². The highest BCUT2D eigenvalue weighted by Crippen LogP contribution is 2.38. The first-order valence-corrected chi connectivity index (χ1v) is 10.5. The Morgan fingerprint density at radius 2 is 1.40 bits per heavy atom. The van der Waals surface area contributed by atoms with Gasteiger partial charge in [0.1, 0.15) is 11.5 Å². The Hall–Kier alpha value is -2.86. The SMILES string of the molecule is OCC[C@@H](c1ccc(Oc2ccccc2)c(Oc2ccccc2)c1)N1CCNCC1. The van der Waals surface area contributed by atoms with Gasteiger partial charge in [0.2, 0.25) is 0 Å². The van der Waals surface area contributed by atoms with Crippen LogP contribution in [0.4, 0.5) is 0 Å². The summed E-state index contributed by atoms with van der Waals surface area (Å²) in [5, 5.41) is 13.1. The number of nitrogens with zero attached hydrogens (tertiary/aromatic N) is 1. The largest absolute Gasteiger partial charge is 0.453 e. The van der Waals surface area contributed by atoms with Crippen LogP contribution in [0.1, 0.15) is 18.0 Å². The fourth-order valence-electron chi connectivity index (χ4n) is 3.80. The standard InChI is InChI=1S/C25H28N2O3/c28-18-13-23(27-16-14-26-15-17-27)20-11-12-24(29-21-7-3-1-4-8-21)25(19-20)30-22-9-5-2-6-10-22/h1-12,19,23,26,28H,13-18H2/t23-/m0/s1. The van der Waals surface area contributed by atoms with Gasteiger partial charge in [-0.2, -0.15) is 0 Å². The first kappa shape index (κ1) is 20.4. The minimum atomic E-state index is 0.140. The van der Waals surface area contributed by atoms with Crippen molar-refractivity contribution in [1.29, 1.82) is 0 Å². The van der Waals surface area contributed by atoms with Crippen LogP contribution < -0.4 is 14.8 Å². The number of aliphatic hydroxyl groups excluding tert-OH is 1. The second kappa shape index (κ2) is 10.3. The number of para-hydroxylation sites is 2. The van der Waals surface area contributed by atoms with Gasteiger partial charge in [0, 0.05) is 38.8 Å². The number of hydrogen-bond acceptors (Lipinski definition) is 5. The lowest BCUT2D eigenvalue weighted by Gasteiger charge is -2.35. The molecule has 1 atom stereocenters. The maximum atomic E-state index is 9.68. The van der Waals surface area contributed by atoms with Gasteiger partial charge >= 0.3 is 0 Å². The van der Waals surface area contributed by atoms with Gasteiger partial charge in [-0.05, 0) is 48.4 Å². The molecule has 0 aromatic heterocycles. The van der Waals surface area contributed by atoms with Gasteiger partial charge in [0.25, 0.3) is 0 Å². The van der Waals surface area contributed by atoms with Crippen LogP contribution in [0.15, 0.2) is 78.9 Å². The third-order valence-electron chi connectivity index (χ3n) is 5.29. The predicted molar refractivity (Wildman–Crippen MR) is 118 cm³/mol. The average molecular weight is 405 g/mol. The van der Waals surface area contributed by atoms with Crippen LogP contribution in [0.25, 0.3) is 0 Å². The number of ether oxygens (including phenoxy) is 2. The van der Waals surface area contributed by atoms with Crippen LogP contribution in [-0.4, -0.2) is 42.8 Å². The normalized spacial score (nSPS) is 15.5. The first-order valence-electron chi connectivity index (χ1n) is 10.5. The fraction of sp³-hybridized carbons (Fsp3) is 0.280. The zero-order valence-corrected chi connectivity index (χ0v) is 17.0. The van der Waals surface area contributed by atoms with Crippen molar-refractivity contribution in [3.05, 3.63) is 84.4 Å². The lowest BCUT2D eigenvalue weighted by molar-refractivity contribution is 0.141. The molecule has 0 aliphatic carbocycles. The van der Waals surface area contributed by atoms with Crippen molar-refractivity contribution in [1.82, 2.24) is 10.2 Å². The Balaban J connectivity index is 1.66. The third-order valence-corrected chi connectivity index (χ3v) is 5.29. The molecule has 1 aliphatic heterocycles. The molecule has 1 fully saturated rings.